The number of hydrogen-bond donors (Lipinski definition) is 0. The molecule has 0 unspecified atom stereocenters. The average molecular weight is 262 g/mol. The minimum atomic E-state index is 0.977. The van der Waals surface area contributed by atoms with Gasteiger partial charge in [0.25, 0.3) is 0 Å². The molecular weight excluding hydrogens is 236 g/mol. The molecule has 0 N–H and O–H groups in total. The first-order valence-electron chi connectivity index (χ1n) is 6.66. The summed E-state index contributed by atoms with van der Waals surface area (Å²) in [5.41, 5.74) is 2.96. The number of rotatable bonds is 0. The van der Waals surface area contributed by atoms with Crippen LogP contribution < -0.4 is 0 Å². The molecule has 0 atom stereocenters. The molecule has 19 heavy (non-hydrogen) atoms. The van der Waals surface area contributed by atoms with Crippen LogP contribution in [0.2, 0.25) is 0 Å². The van der Waals surface area contributed by atoms with Crippen LogP contribution in [0.5, 0.6) is 0 Å². The molecule has 0 spiro atoms. The summed E-state index contributed by atoms with van der Waals surface area (Å²) in [6.07, 6.45) is 6.75. The van der Waals surface area contributed by atoms with Crippen LogP contribution in [0.25, 0.3) is 0 Å². The van der Waals surface area contributed by atoms with Gasteiger partial charge in [0.05, 0.1) is 11.4 Å². The van der Waals surface area contributed by atoms with Gasteiger partial charge in [0.1, 0.15) is 6.33 Å². The van der Waals surface area contributed by atoms with Crippen LogP contribution in [-0.4, -0.2) is 19.9 Å². The van der Waals surface area contributed by atoms with Crippen LogP contribution in [0, 0.1) is 20.8 Å². The van der Waals surface area contributed by atoms with Crippen molar-refractivity contribution in [2.24, 2.45) is 0 Å². The van der Waals surface area contributed by atoms with E-state index in [1.165, 1.54) is 6.33 Å². The Morgan fingerprint density at radius 1 is 0.737 bits per heavy atom. The third-order valence-corrected chi connectivity index (χ3v) is 1.61. The molecule has 0 aromatic carbocycles. The maximum absolute atomic E-state index is 4.11. The van der Waals surface area contributed by atoms with Gasteiger partial charge in [-0.15, -0.1) is 0 Å². The Morgan fingerprint density at radius 2 is 1.26 bits per heavy atom. The second-order valence-electron chi connectivity index (χ2n) is 3.15. The molecule has 0 saturated heterocycles. The quantitative estimate of drug-likeness (QED) is 0.721. The fourth-order valence-corrected chi connectivity index (χ4v) is 0.946. The van der Waals surface area contributed by atoms with Crippen molar-refractivity contribution in [1.82, 2.24) is 19.9 Å². The molecule has 0 aliphatic heterocycles. The second kappa shape index (κ2) is 14.2. The van der Waals surface area contributed by atoms with E-state index in [9.17, 15) is 0 Å². The van der Waals surface area contributed by atoms with Gasteiger partial charge in [-0.3, -0.25) is 9.97 Å². The van der Waals surface area contributed by atoms with Crippen molar-refractivity contribution in [1.29, 1.82) is 0 Å². The van der Waals surface area contributed by atoms with Gasteiger partial charge in [0.2, 0.25) is 0 Å². The van der Waals surface area contributed by atoms with Crippen LogP contribution in [0.3, 0.4) is 0 Å². The van der Waals surface area contributed by atoms with Gasteiger partial charge in [0, 0.05) is 24.3 Å². The summed E-state index contributed by atoms with van der Waals surface area (Å²) in [5.74, 6) is 0. The maximum atomic E-state index is 4.11. The zero-order chi connectivity index (χ0) is 15.1. The van der Waals surface area contributed by atoms with E-state index in [0.29, 0.717) is 0 Å². The lowest BCUT2D eigenvalue weighted by Crippen LogP contribution is -1.85. The van der Waals surface area contributed by atoms with Crippen molar-refractivity contribution in [2.45, 2.75) is 48.5 Å². The molecule has 0 radical (unpaired) electrons. The number of aryl methyl sites for hydroxylation is 3. The lowest BCUT2D eigenvalue weighted by Gasteiger charge is -1.89. The van der Waals surface area contributed by atoms with Gasteiger partial charge >= 0.3 is 0 Å². The fourth-order valence-electron chi connectivity index (χ4n) is 0.946. The Balaban J connectivity index is 0. The van der Waals surface area contributed by atoms with Crippen molar-refractivity contribution in [3.63, 3.8) is 0 Å². The Bertz CT molecular complexity index is 385. The maximum Gasteiger partial charge on any atom is 0.115 e. The Labute approximate surface area is 117 Å². The van der Waals surface area contributed by atoms with Crippen LogP contribution >= 0.6 is 0 Å². The first kappa shape index (κ1) is 19.5. The molecule has 106 valence electrons. The molecule has 4 heteroatoms. The summed E-state index contributed by atoms with van der Waals surface area (Å²) in [6.45, 7) is 13.8. The molecule has 0 aliphatic rings. The van der Waals surface area contributed by atoms with Gasteiger partial charge < -0.3 is 0 Å². The van der Waals surface area contributed by atoms with E-state index in [-0.39, 0.29) is 0 Å². The normalized spacial score (nSPS) is 7.74. The fraction of sp³-hybridized carbons (Fsp3) is 0.467. The highest BCUT2D eigenvalue weighted by Crippen LogP contribution is 1.89. The van der Waals surface area contributed by atoms with E-state index in [0.717, 1.165) is 17.1 Å². The highest BCUT2D eigenvalue weighted by molar-refractivity contribution is 4.98. The summed E-state index contributed by atoms with van der Waals surface area (Å²) >= 11 is 0. The SMILES string of the molecule is CC.CC.Cc1ccncn1.Cc1cncc(C)n1. The van der Waals surface area contributed by atoms with Crippen molar-refractivity contribution in [3.05, 3.63) is 48.1 Å². The van der Waals surface area contributed by atoms with E-state index >= 15 is 0 Å². The molecule has 2 heterocycles. The van der Waals surface area contributed by atoms with E-state index in [4.69, 9.17) is 0 Å². The molecule has 0 saturated carbocycles. The second-order valence-corrected chi connectivity index (χ2v) is 3.15. The van der Waals surface area contributed by atoms with Gasteiger partial charge in [-0.05, 0) is 26.8 Å². The van der Waals surface area contributed by atoms with Crippen LogP contribution in [-0.2, 0) is 0 Å². The third kappa shape index (κ3) is 12.4. The average Bonchev–Trinajstić information content (AvgIpc) is 2.44. The highest BCUT2D eigenvalue weighted by atomic mass is 14.8. The zero-order valence-corrected chi connectivity index (χ0v) is 13.2. The first-order valence-corrected chi connectivity index (χ1v) is 6.66. The predicted octanol–water partition coefficient (Wildman–Crippen LogP) is 3.93. The van der Waals surface area contributed by atoms with Gasteiger partial charge in [0.15, 0.2) is 0 Å². The number of nitrogens with zero attached hydrogens (tertiary/aromatic N) is 4. The minimum Gasteiger partial charge on any atom is -0.261 e. The van der Waals surface area contributed by atoms with E-state index in [2.05, 4.69) is 19.9 Å². The van der Waals surface area contributed by atoms with Crippen LogP contribution in [0.15, 0.2) is 31.0 Å². The Morgan fingerprint density at radius 3 is 1.47 bits per heavy atom. The van der Waals surface area contributed by atoms with Crippen molar-refractivity contribution < 1.29 is 0 Å². The number of aromatic nitrogens is 4. The molecule has 2 aromatic heterocycles. The largest absolute Gasteiger partial charge is 0.261 e. The molecule has 0 aliphatic carbocycles. The summed E-state index contributed by atoms with van der Waals surface area (Å²) in [4.78, 5) is 15.6. The van der Waals surface area contributed by atoms with Gasteiger partial charge in [-0.1, -0.05) is 27.7 Å². The zero-order valence-electron chi connectivity index (χ0n) is 13.2. The molecule has 2 aromatic rings. The highest BCUT2D eigenvalue weighted by Gasteiger charge is 1.83. The summed E-state index contributed by atoms with van der Waals surface area (Å²) in [5, 5.41) is 0. The summed E-state index contributed by atoms with van der Waals surface area (Å²) < 4.78 is 0. The predicted molar refractivity (Wildman–Crippen MR) is 81.0 cm³/mol. The monoisotopic (exact) mass is 262 g/mol. The smallest absolute Gasteiger partial charge is 0.115 e. The molecule has 0 bridgehead atoms. The van der Waals surface area contributed by atoms with Gasteiger partial charge in [-0.2, -0.15) is 0 Å². The first-order chi connectivity index (χ1) is 9.18. The van der Waals surface area contributed by atoms with Crippen molar-refractivity contribution in [2.75, 3.05) is 0 Å². The summed E-state index contributed by atoms with van der Waals surface area (Å²) in [7, 11) is 0. The summed E-state index contributed by atoms with van der Waals surface area (Å²) in [6, 6.07) is 1.86. The van der Waals surface area contributed by atoms with Crippen molar-refractivity contribution >= 4 is 0 Å². The third-order valence-electron chi connectivity index (χ3n) is 1.61. The molecule has 0 fully saturated rings. The molecule has 4 nitrogen and oxygen atoms in total. The van der Waals surface area contributed by atoms with Crippen molar-refractivity contribution in [3.8, 4) is 0 Å². The molecule has 2 rings (SSSR count). The van der Waals surface area contributed by atoms with E-state index in [1.807, 2.05) is 54.5 Å². The standard InChI is InChI=1S/C6H8N2.C5H6N2.2C2H6/c1-5-3-7-4-6(2)8-5;1-5-2-3-6-4-7-5;2*1-2/h3-4H,1-2H3;2-4H,1H3;2*1-2H3. The lowest BCUT2D eigenvalue weighted by molar-refractivity contribution is 1.05. The topological polar surface area (TPSA) is 51.6 Å². The lowest BCUT2D eigenvalue weighted by atomic mass is 10.4. The van der Waals surface area contributed by atoms with E-state index < -0.39 is 0 Å². The molecule has 0 amide bonds. The van der Waals surface area contributed by atoms with Crippen LogP contribution in [0.1, 0.15) is 44.8 Å². The molecular formula is C15H26N4. The Hall–Kier alpha value is -1.84. The number of hydrogen-bond acceptors (Lipinski definition) is 4. The minimum absolute atomic E-state index is 0.977. The van der Waals surface area contributed by atoms with Gasteiger partial charge in [-0.25, -0.2) is 9.97 Å². The Kier molecular flexibility index (Phi) is 14.6. The van der Waals surface area contributed by atoms with Crippen LogP contribution in [0.4, 0.5) is 0 Å². The van der Waals surface area contributed by atoms with E-state index in [1.54, 1.807) is 18.6 Å².